The third-order valence-corrected chi connectivity index (χ3v) is 6.21. The number of rotatable bonds is 11. The molecule has 4 rings (SSSR count). The van der Waals surface area contributed by atoms with E-state index in [4.69, 9.17) is 4.98 Å². The molecule has 174 valence electrons. The average molecular weight is 450 g/mol. The molecule has 0 fully saturated rings. The summed E-state index contributed by atoms with van der Waals surface area (Å²) in [6.45, 7) is 1.00. The number of hydrogen-bond acceptors (Lipinski definition) is 5. The van der Waals surface area contributed by atoms with Gasteiger partial charge in [-0.2, -0.15) is 5.10 Å². The van der Waals surface area contributed by atoms with Crippen LogP contribution in [0.5, 0.6) is 0 Å². The fourth-order valence-corrected chi connectivity index (χ4v) is 4.35. The van der Waals surface area contributed by atoms with Crippen molar-refractivity contribution in [3.8, 4) is 0 Å². The van der Waals surface area contributed by atoms with Gasteiger partial charge >= 0.3 is 5.97 Å². The minimum absolute atomic E-state index is 0.388. The van der Waals surface area contributed by atoms with Gasteiger partial charge in [0.25, 0.3) is 5.91 Å². The maximum atomic E-state index is 12.6. The Morgan fingerprint density at radius 1 is 1.09 bits per heavy atom. The van der Waals surface area contributed by atoms with Crippen LogP contribution >= 0.6 is 0 Å². The van der Waals surface area contributed by atoms with Crippen LogP contribution in [0.2, 0.25) is 0 Å². The number of nitrogens with one attached hydrogen (secondary N) is 3. The number of hydrogen-bond donors (Lipinski definition) is 4. The summed E-state index contributed by atoms with van der Waals surface area (Å²) in [6, 6.07) is 8.69. The van der Waals surface area contributed by atoms with Gasteiger partial charge in [0.05, 0.1) is 17.3 Å². The monoisotopic (exact) mass is 449 g/mol. The summed E-state index contributed by atoms with van der Waals surface area (Å²) in [5.74, 6) is -0.347. The molecule has 2 aromatic heterocycles. The van der Waals surface area contributed by atoms with E-state index in [1.165, 1.54) is 12.0 Å². The first-order chi connectivity index (χ1) is 16.1. The highest BCUT2D eigenvalue weighted by molar-refractivity contribution is 6.07. The number of aryl methyl sites for hydroxylation is 2. The highest BCUT2D eigenvalue weighted by Gasteiger charge is 2.21. The van der Waals surface area contributed by atoms with Gasteiger partial charge in [0.2, 0.25) is 0 Å². The van der Waals surface area contributed by atoms with E-state index in [1.54, 1.807) is 18.3 Å². The molecule has 1 atom stereocenters. The second-order valence-corrected chi connectivity index (χ2v) is 8.65. The van der Waals surface area contributed by atoms with E-state index in [2.05, 4.69) is 33.0 Å². The Balaban J connectivity index is 1.17. The molecule has 3 aromatic rings. The maximum Gasteiger partial charge on any atom is 0.326 e. The van der Waals surface area contributed by atoms with E-state index >= 15 is 0 Å². The number of nitrogens with zero attached hydrogens (tertiary/aromatic N) is 2. The number of amides is 1. The number of carboxylic acids is 1. The summed E-state index contributed by atoms with van der Waals surface area (Å²) >= 11 is 0. The van der Waals surface area contributed by atoms with Gasteiger partial charge in [-0.3, -0.25) is 9.89 Å². The first-order valence-electron chi connectivity index (χ1n) is 11.8. The molecule has 1 aliphatic heterocycles. The van der Waals surface area contributed by atoms with Crippen LogP contribution in [0.15, 0.2) is 36.5 Å². The summed E-state index contributed by atoms with van der Waals surface area (Å²) < 4.78 is 0. The molecule has 0 bridgehead atoms. The quantitative estimate of drug-likeness (QED) is 0.327. The van der Waals surface area contributed by atoms with Crippen molar-refractivity contribution in [2.75, 3.05) is 11.9 Å². The summed E-state index contributed by atoms with van der Waals surface area (Å²) in [7, 11) is 0. The molecule has 1 amide bonds. The van der Waals surface area contributed by atoms with Crippen LogP contribution in [0.4, 0.5) is 5.82 Å². The van der Waals surface area contributed by atoms with Crippen molar-refractivity contribution in [3.05, 3.63) is 53.3 Å². The average Bonchev–Trinajstić information content (AvgIpc) is 3.31. The molecule has 0 aliphatic carbocycles. The van der Waals surface area contributed by atoms with Gasteiger partial charge in [-0.1, -0.05) is 37.8 Å². The zero-order chi connectivity index (χ0) is 23.0. The number of pyridine rings is 1. The van der Waals surface area contributed by atoms with Gasteiger partial charge in [-0.15, -0.1) is 0 Å². The van der Waals surface area contributed by atoms with Crippen LogP contribution in [0.3, 0.4) is 0 Å². The van der Waals surface area contributed by atoms with E-state index in [-0.39, 0.29) is 5.91 Å². The Labute approximate surface area is 193 Å². The number of carbonyl (C=O) groups excluding carboxylic acids is 1. The van der Waals surface area contributed by atoms with Crippen molar-refractivity contribution in [2.45, 2.75) is 63.8 Å². The Morgan fingerprint density at radius 2 is 1.94 bits per heavy atom. The number of H-pyrrole nitrogens is 1. The zero-order valence-corrected chi connectivity index (χ0v) is 18.8. The number of aromatic amines is 1. The lowest BCUT2D eigenvalue weighted by Crippen LogP contribution is -2.40. The second-order valence-electron chi connectivity index (χ2n) is 8.65. The number of aliphatic carboxylic acids is 1. The van der Waals surface area contributed by atoms with Crippen LogP contribution in [-0.2, 0) is 17.6 Å². The summed E-state index contributed by atoms with van der Waals surface area (Å²) in [5, 5.41) is 23.1. The molecule has 0 saturated carbocycles. The third kappa shape index (κ3) is 5.88. The molecule has 8 nitrogen and oxygen atoms in total. The Bertz CT molecular complexity index is 1110. The number of fused-ring (bicyclic) bond motifs is 2. The van der Waals surface area contributed by atoms with E-state index in [9.17, 15) is 14.7 Å². The SMILES string of the molecule is O=C(N[C@@H](CCCCCCCc1ccc2c(n1)NCCC2)C(=O)O)c1cccc2[nH]ncc12. The highest BCUT2D eigenvalue weighted by Crippen LogP contribution is 2.21. The van der Waals surface area contributed by atoms with Gasteiger partial charge in [-0.05, 0) is 55.9 Å². The van der Waals surface area contributed by atoms with Gasteiger partial charge < -0.3 is 15.7 Å². The number of aromatic nitrogens is 3. The van der Waals surface area contributed by atoms with Crippen LogP contribution in [0.1, 0.15) is 66.6 Å². The molecule has 1 aliphatic rings. The van der Waals surface area contributed by atoms with Gasteiger partial charge in [0.1, 0.15) is 11.9 Å². The zero-order valence-electron chi connectivity index (χ0n) is 18.8. The van der Waals surface area contributed by atoms with Gasteiger partial charge in [0.15, 0.2) is 0 Å². The van der Waals surface area contributed by atoms with Crippen LogP contribution in [-0.4, -0.2) is 44.8 Å². The van der Waals surface area contributed by atoms with Crippen molar-refractivity contribution < 1.29 is 14.7 Å². The maximum absolute atomic E-state index is 12.6. The molecule has 1 aromatic carbocycles. The first kappa shape index (κ1) is 22.8. The van der Waals surface area contributed by atoms with Crippen molar-refractivity contribution in [1.82, 2.24) is 20.5 Å². The summed E-state index contributed by atoms with van der Waals surface area (Å²) in [6.07, 6.45) is 10.1. The van der Waals surface area contributed by atoms with Crippen molar-refractivity contribution >= 4 is 28.6 Å². The molecule has 0 saturated heterocycles. The minimum atomic E-state index is -1.00. The van der Waals surface area contributed by atoms with Gasteiger partial charge in [-0.25, -0.2) is 9.78 Å². The van der Waals surface area contributed by atoms with Crippen LogP contribution in [0, 0.1) is 0 Å². The normalized spacial score (nSPS) is 13.8. The van der Waals surface area contributed by atoms with Gasteiger partial charge in [0, 0.05) is 17.6 Å². The molecular formula is C25H31N5O3. The van der Waals surface area contributed by atoms with Crippen LogP contribution in [0.25, 0.3) is 10.9 Å². The first-order valence-corrected chi connectivity index (χ1v) is 11.8. The molecule has 0 unspecified atom stereocenters. The van der Waals surface area contributed by atoms with Crippen molar-refractivity contribution in [3.63, 3.8) is 0 Å². The smallest absolute Gasteiger partial charge is 0.326 e. The highest BCUT2D eigenvalue weighted by atomic mass is 16.4. The predicted octanol–water partition coefficient (Wildman–Crippen LogP) is 4.08. The van der Waals surface area contributed by atoms with E-state index in [0.717, 1.165) is 68.5 Å². The Morgan fingerprint density at radius 3 is 2.82 bits per heavy atom. The number of benzene rings is 1. The second kappa shape index (κ2) is 10.9. The Hall–Kier alpha value is -3.42. The molecule has 4 N–H and O–H groups in total. The third-order valence-electron chi connectivity index (χ3n) is 6.21. The summed E-state index contributed by atoms with van der Waals surface area (Å²) in [4.78, 5) is 29.0. The molecule has 3 heterocycles. The molecule has 33 heavy (non-hydrogen) atoms. The Kier molecular flexibility index (Phi) is 7.55. The van der Waals surface area contributed by atoms with E-state index < -0.39 is 12.0 Å². The van der Waals surface area contributed by atoms with E-state index in [0.29, 0.717) is 17.4 Å². The lowest BCUT2D eigenvalue weighted by molar-refractivity contribution is -0.139. The van der Waals surface area contributed by atoms with E-state index in [1.807, 2.05) is 6.07 Å². The lowest BCUT2D eigenvalue weighted by Gasteiger charge is -2.17. The number of carboxylic acid groups (broad SMARTS) is 1. The number of carbonyl (C=O) groups is 2. The van der Waals surface area contributed by atoms with Crippen LogP contribution < -0.4 is 10.6 Å². The predicted molar refractivity (Wildman–Crippen MR) is 127 cm³/mol. The molecule has 0 radical (unpaired) electrons. The minimum Gasteiger partial charge on any atom is -0.480 e. The standard InChI is InChI=1S/C25H31N5O3/c31-24(19-10-6-12-21-20(19)16-27-30-21)29-22(25(32)33)11-5-3-1-2-4-9-18-14-13-17-8-7-15-26-23(17)28-18/h6,10,12-14,16,22H,1-5,7-9,11,15H2,(H,26,28)(H,27,30)(H,29,31)(H,32,33)/t22-/m0/s1. The molecular weight excluding hydrogens is 418 g/mol. The van der Waals surface area contributed by atoms with Crippen molar-refractivity contribution in [2.24, 2.45) is 0 Å². The largest absolute Gasteiger partial charge is 0.480 e. The summed E-state index contributed by atoms with van der Waals surface area (Å²) in [5.41, 5.74) is 3.62. The molecule has 0 spiro atoms. The number of unbranched alkanes of at least 4 members (excludes halogenated alkanes) is 4. The topological polar surface area (TPSA) is 120 Å². The fourth-order valence-electron chi connectivity index (χ4n) is 4.35. The van der Waals surface area contributed by atoms with Crippen molar-refractivity contribution in [1.29, 1.82) is 0 Å². The number of anilines is 1. The molecule has 8 heteroatoms. The lowest BCUT2D eigenvalue weighted by atomic mass is 10.0. The fraction of sp³-hybridized carbons (Fsp3) is 0.440.